The molecule has 6 rings (SSSR count). The van der Waals surface area contributed by atoms with Crippen LogP contribution in [0.3, 0.4) is 0 Å². The molecule has 2 heterocycles. The monoisotopic (exact) mass is 834 g/mol. The lowest BCUT2D eigenvalue weighted by Gasteiger charge is -2.27. The number of nitrogens with zero attached hydrogens (tertiary/aromatic N) is 4. The highest BCUT2D eigenvalue weighted by molar-refractivity contribution is 6.31. The number of carbonyl (C=O) groups excluding carboxylic acids is 1. The highest BCUT2D eigenvalue weighted by Gasteiger charge is 2.39. The summed E-state index contributed by atoms with van der Waals surface area (Å²) in [6.07, 6.45) is 16.0. The number of halogens is 2. The lowest BCUT2D eigenvalue weighted by molar-refractivity contribution is -0.572. The number of aryl methyl sites for hydroxylation is 1. The van der Waals surface area contributed by atoms with Crippen LogP contribution in [0.25, 0.3) is 0 Å². The fraction of sp³-hybridized carbons (Fsp3) is 0.375. The van der Waals surface area contributed by atoms with Crippen LogP contribution >= 0.6 is 23.2 Å². The van der Waals surface area contributed by atoms with Crippen molar-refractivity contribution in [3.05, 3.63) is 147 Å². The molecule has 11 heteroatoms. The molecular weight excluding hydrogens is 777 g/mol. The number of ether oxygens (including phenoxy) is 1. The molecular formula is C48H58Cl2N7O2+. The van der Waals surface area contributed by atoms with Crippen LogP contribution in [0.4, 0.5) is 17.3 Å². The van der Waals surface area contributed by atoms with E-state index in [2.05, 4.69) is 150 Å². The number of para-hydroxylation sites is 2. The first-order valence-corrected chi connectivity index (χ1v) is 21.6. The Morgan fingerprint density at radius 3 is 2.41 bits per heavy atom. The molecule has 2 aliphatic rings. The molecule has 1 aliphatic carbocycles. The van der Waals surface area contributed by atoms with E-state index in [4.69, 9.17) is 27.9 Å². The van der Waals surface area contributed by atoms with Crippen molar-refractivity contribution in [2.45, 2.75) is 104 Å². The highest BCUT2D eigenvalue weighted by atomic mass is 35.5. The van der Waals surface area contributed by atoms with Gasteiger partial charge in [0, 0.05) is 35.3 Å². The van der Waals surface area contributed by atoms with E-state index in [1.807, 2.05) is 24.3 Å². The number of rotatable bonds is 17. The van der Waals surface area contributed by atoms with E-state index in [1.54, 1.807) is 0 Å². The third-order valence-electron chi connectivity index (χ3n) is 11.1. The molecule has 0 saturated heterocycles. The molecule has 3 aromatic carbocycles. The molecule has 4 aromatic rings. The number of anilines is 2. The second kappa shape index (κ2) is 19.9. The van der Waals surface area contributed by atoms with E-state index >= 15 is 0 Å². The predicted molar refractivity (Wildman–Crippen MR) is 241 cm³/mol. The Labute approximate surface area is 360 Å². The maximum absolute atomic E-state index is 12.6. The van der Waals surface area contributed by atoms with E-state index in [-0.39, 0.29) is 39.7 Å². The Morgan fingerprint density at radius 2 is 1.66 bits per heavy atom. The molecule has 0 radical (unpaired) electrons. The molecule has 59 heavy (non-hydrogen) atoms. The Bertz CT molecular complexity index is 2210. The van der Waals surface area contributed by atoms with E-state index in [0.717, 1.165) is 68.7 Å². The lowest BCUT2D eigenvalue weighted by Crippen LogP contribution is -2.78. The van der Waals surface area contributed by atoms with Gasteiger partial charge in [-0.05, 0) is 126 Å². The second-order valence-corrected chi connectivity index (χ2v) is 17.1. The van der Waals surface area contributed by atoms with Crippen LogP contribution in [0, 0.1) is 0 Å². The van der Waals surface area contributed by atoms with Gasteiger partial charge < -0.3 is 15.0 Å². The minimum Gasteiger partial charge on any atom is -0.457 e. The van der Waals surface area contributed by atoms with Gasteiger partial charge in [0.05, 0.1) is 6.54 Å². The quantitative estimate of drug-likeness (QED) is 0.0718. The van der Waals surface area contributed by atoms with Crippen molar-refractivity contribution in [2.75, 3.05) is 23.4 Å². The van der Waals surface area contributed by atoms with Gasteiger partial charge in [0.2, 0.25) is 22.4 Å². The summed E-state index contributed by atoms with van der Waals surface area (Å²) >= 11 is 11.7. The minimum atomic E-state index is -0.234. The van der Waals surface area contributed by atoms with Crippen LogP contribution in [-0.2, 0) is 22.0 Å². The number of hydrogen-bond donors (Lipinski definition) is 3. The van der Waals surface area contributed by atoms with Crippen molar-refractivity contribution in [3.63, 3.8) is 0 Å². The van der Waals surface area contributed by atoms with E-state index in [0.29, 0.717) is 6.42 Å². The van der Waals surface area contributed by atoms with E-state index in [1.165, 1.54) is 39.3 Å². The van der Waals surface area contributed by atoms with Gasteiger partial charge >= 0.3 is 0 Å². The maximum atomic E-state index is 12.6. The molecule has 0 atom stereocenters. The van der Waals surface area contributed by atoms with Crippen LogP contribution in [0.1, 0.15) is 103 Å². The summed E-state index contributed by atoms with van der Waals surface area (Å²) in [5, 5.41) is 2.23. The topological polar surface area (TPSA) is 109 Å². The zero-order valence-corrected chi connectivity index (χ0v) is 36.8. The number of aromatic nitrogens is 3. The second-order valence-electron chi connectivity index (χ2n) is 16.4. The third kappa shape index (κ3) is 11.0. The van der Waals surface area contributed by atoms with Gasteiger partial charge in [-0.25, -0.2) is 0 Å². The smallest absolute Gasteiger partial charge is 0.247 e. The summed E-state index contributed by atoms with van der Waals surface area (Å²) < 4.78 is 6.88. The fourth-order valence-electron chi connectivity index (χ4n) is 8.00. The number of allylic oxidation sites excluding steroid dienone is 7. The molecule has 9 nitrogen and oxygen atoms in total. The summed E-state index contributed by atoms with van der Waals surface area (Å²) in [5.74, 6) is 1.51. The van der Waals surface area contributed by atoms with Crippen LogP contribution in [0.5, 0.6) is 5.75 Å². The van der Waals surface area contributed by atoms with Crippen molar-refractivity contribution in [1.82, 2.24) is 20.4 Å². The molecule has 0 unspecified atom stereocenters. The number of quaternary nitrogens is 1. The van der Waals surface area contributed by atoms with Crippen LogP contribution in [-0.4, -0.2) is 33.9 Å². The molecule has 0 saturated carbocycles. The van der Waals surface area contributed by atoms with Crippen molar-refractivity contribution >= 4 is 46.4 Å². The molecule has 4 N–H and O–H groups in total. The van der Waals surface area contributed by atoms with E-state index in [9.17, 15) is 4.79 Å². The molecule has 310 valence electrons. The number of carbonyl (C=O) groups is 1. The van der Waals surface area contributed by atoms with E-state index < -0.39 is 0 Å². The first-order valence-electron chi connectivity index (χ1n) is 20.9. The average Bonchev–Trinajstić information content (AvgIpc) is 3.43. The Balaban J connectivity index is 1.24. The normalized spacial score (nSPS) is 16.6. The lowest BCUT2D eigenvalue weighted by atomic mass is 9.80. The average molecular weight is 836 g/mol. The Hall–Kier alpha value is -4.96. The minimum absolute atomic E-state index is 0.0422. The number of hydrazine groups is 1. The van der Waals surface area contributed by atoms with Gasteiger partial charge in [0.1, 0.15) is 17.2 Å². The number of nitrogens with one attached hydrogen (secondary N) is 2. The number of amides is 1. The summed E-state index contributed by atoms with van der Waals surface area (Å²) in [5.41, 5.74) is 15.1. The van der Waals surface area contributed by atoms with Crippen molar-refractivity contribution in [2.24, 2.45) is 0 Å². The van der Waals surface area contributed by atoms with Gasteiger partial charge in [-0.3, -0.25) is 15.6 Å². The van der Waals surface area contributed by atoms with Crippen molar-refractivity contribution in [3.8, 4) is 5.75 Å². The summed E-state index contributed by atoms with van der Waals surface area (Å²) in [7, 11) is 0. The highest BCUT2D eigenvalue weighted by Crippen LogP contribution is 2.48. The first-order chi connectivity index (χ1) is 28.4. The van der Waals surface area contributed by atoms with Crippen molar-refractivity contribution in [1.29, 1.82) is 0 Å². The fourth-order valence-corrected chi connectivity index (χ4v) is 8.37. The molecule has 0 fully saturated rings. The molecule has 1 amide bonds. The first kappa shape index (κ1) is 43.6. The van der Waals surface area contributed by atoms with Crippen LogP contribution < -0.4 is 25.8 Å². The molecule has 1 aromatic heterocycles. The zero-order valence-electron chi connectivity index (χ0n) is 35.2. The van der Waals surface area contributed by atoms with Gasteiger partial charge in [-0.15, -0.1) is 0 Å². The SMILES string of the molecule is CCC[NH2+]c1ccccc1C(C)(C)C/C=C/C1=C(Oc2ccc(CCC(=O)NNc3nc(Cl)nc(Cl)n3)cc2)C(=C/C=C2/N(CCC)c3ccccc3C2(C)C)/CCC1. The number of fused-ring (bicyclic) bond motifs is 1. The van der Waals surface area contributed by atoms with Gasteiger partial charge in [0.15, 0.2) is 0 Å². The standard InChI is InChI=1S/C48H57Cl2N7O2/c1-7-31-51-39-20-11-9-18-37(39)47(3,4)30-14-17-34-15-13-16-35(25-28-41-48(5,6)38-19-10-12-21-40(38)57(41)32-8-2)43(34)59-36-26-22-33(23-27-36)24-29-42(58)55-56-46-53-44(49)52-45(50)54-46/h9-12,14,17-23,25-28,51H,7-8,13,15-16,24,29-32H2,1-6H3,(H,55,58)(H,52,53,54,56)/p+1/b17-14+,35-25+,41-28+. The predicted octanol–water partition coefficient (Wildman–Crippen LogP) is 10.6. The number of benzene rings is 3. The largest absolute Gasteiger partial charge is 0.457 e. The van der Waals surface area contributed by atoms with Gasteiger partial charge in [-0.2, -0.15) is 15.0 Å². The van der Waals surface area contributed by atoms with Crippen LogP contribution in [0.15, 0.2) is 120 Å². The molecule has 0 spiro atoms. The molecule has 1 aliphatic heterocycles. The van der Waals surface area contributed by atoms with Gasteiger partial charge in [0.25, 0.3) is 0 Å². The third-order valence-corrected chi connectivity index (χ3v) is 11.5. The number of nitrogens with two attached hydrogens (primary N) is 1. The zero-order chi connectivity index (χ0) is 42.0. The summed E-state index contributed by atoms with van der Waals surface area (Å²) in [4.78, 5) is 26.6. The Morgan fingerprint density at radius 1 is 0.932 bits per heavy atom. The number of hydrogen-bond acceptors (Lipinski definition) is 7. The van der Waals surface area contributed by atoms with Gasteiger partial charge in [-0.1, -0.05) is 108 Å². The molecule has 0 bridgehead atoms. The summed E-state index contributed by atoms with van der Waals surface area (Å²) in [6.45, 7) is 15.8. The maximum Gasteiger partial charge on any atom is 0.247 e. The summed E-state index contributed by atoms with van der Waals surface area (Å²) in [6, 6.07) is 25.6. The van der Waals surface area contributed by atoms with Crippen molar-refractivity contribution < 1.29 is 14.8 Å². The Kier molecular flexibility index (Phi) is 14.7. The van der Waals surface area contributed by atoms with Crippen LogP contribution in [0.2, 0.25) is 10.6 Å².